The van der Waals surface area contributed by atoms with Crippen LogP contribution in [0.4, 0.5) is 0 Å². The summed E-state index contributed by atoms with van der Waals surface area (Å²) in [6.07, 6.45) is 3.09. The molecular weight excluding hydrogens is 352 g/mol. The van der Waals surface area contributed by atoms with Crippen LogP contribution >= 0.6 is 0 Å². The van der Waals surface area contributed by atoms with Crippen molar-refractivity contribution in [1.82, 2.24) is 9.80 Å². The van der Waals surface area contributed by atoms with Crippen molar-refractivity contribution < 1.29 is 14.3 Å². The molecule has 1 amide bonds. The van der Waals surface area contributed by atoms with Crippen LogP contribution in [0, 0.1) is 12.8 Å². The lowest BCUT2D eigenvalue weighted by Gasteiger charge is -2.44. The first-order valence-corrected chi connectivity index (χ1v) is 10.6. The van der Waals surface area contributed by atoms with Gasteiger partial charge in [-0.2, -0.15) is 0 Å². The fourth-order valence-corrected chi connectivity index (χ4v) is 4.70. The summed E-state index contributed by atoms with van der Waals surface area (Å²) in [5.74, 6) is 2.19. The van der Waals surface area contributed by atoms with Crippen molar-refractivity contribution in [2.24, 2.45) is 5.92 Å². The molecule has 5 nitrogen and oxygen atoms in total. The second kappa shape index (κ2) is 9.27. The van der Waals surface area contributed by atoms with Crippen LogP contribution in [0.5, 0.6) is 5.75 Å². The molecule has 1 heterocycles. The summed E-state index contributed by atoms with van der Waals surface area (Å²) in [6.45, 7) is 9.81. The zero-order valence-corrected chi connectivity index (χ0v) is 18.1. The lowest BCUT2D eigenvalue weighted by atomic mass is 9.89. The zero-order chi connectivity index (χ0) is 20.3. The average Bonchev–Trinajstić information content (AvgIpc) is 3.50. The Labute approximate surface area is 170 Å². The Hall–Kier alpha value is -1.59. The first-order valence-electron chi connectivity index (χ1n) is 10.6. The topological polar surface area (TPSA) is 42.0 Å². The maximum absolute atomic E-state index is 13.2. The molecule has 1 aromatic rings. The van der Waals surface area contributed by atoms with Gasteiger partial charge < -0.3 is 14.4 Å². The quantitative estimate of drug-likeness (QED) is 0.684. The minimum atomic E-state index is 0.301. The van der Waals surface area contributed by atoms with Crippen LogP contribution in [0.25, 0.3) is 0 Å². The van der Waals surface area contributed by atoms with Crippen molar-refractivity contribution in [1.29, 1.82) is 0 Å². The lowest BCUT2D eigenvalue weighted by molar-refractivity contribution is -0.136. The fourth-order valence-electron chi connectivity index (χ4n) is 4.70. The molecule has 1 aromatic carbocycles. The number of piperazine rings is 1. The van der Waals surface area contributed by atoms with Gasteiger partial charge in [-0.1, -0.05) is 12.1 Å². The van der Waals surface area contributed by atoms with Gasteiger partial charge >= 0.3 is 0 Å². The number of hydrogen-bond donors (Lipinski definition) is 0. The first-order chi connectivity index (χ1) is 13.4. The highest BCUT2D eigenvalue weighted by atomic mass is 16.5. The van der Waals surface area contributed by atoms with Gasteiger partial charge in [0.05, 0.1) is 13.7 Å². The number of nitrogens with zero attached hydrogens (tertiary/aromatic N) is 2. The lowest BCUT2D eigenvalue weighted by Crippen LogP contribution is -2.58. The Bertz CT molecular complexity index is 662. The number of ether oxygens (including phenoxy) is 2. The van der Waals surface area contributed by atoms with Gasteiger partial charge in [-0.05, 0) is 62.6 Å². The molecule has 1 saturated heterocycles. The van der Waals surface area contributed by atoms with Gasteiger partial charge in [0.25, 0.3) is 0 Å². The smallest absolute Gasteiger partial charge is 0.223 e. The molecule has 2 fully saturated rings. The summed E-state index contributed by atoms with van der Waals surface area (Å²) >= 11 is 0. The van der Waals surface area contributed by atoms with Gasteiger partial charge in [0.15, 0.2) is 0 Å². The molecule has 1 aliphatic carbocycles. The maximum Gasteiger partial charge on any atom is 0.223 e. The molecule has 28 heavy (non-hydrogen) atoms. The molecule has 0 aromatic heterocycles. The van der Waals surface area contributed by atoms with E-state index in [0.717, 1.165) is 37.6 Å². The van der Waals surface area contributed by atoms with Crippen molar-refractivity contribution in [3.63, 3.8) is 0 Å². The van der Waals surface area contributed by atoms with Crippen LogP contribution in [0.2, 0.25) is 0 Å². The van der Waals surface area contributed by atoms with Crippen LogP contribution in [-0.2, 0) is 9.53 Å². The highest BCUT2D eigenvalue weighted by molar-refractivity contribution is 5.77. The van der Waals surface area contributed by atoms with Crippen molar-refractivity contribution >= 4 is 5.91 Å². The first kappa shape index (κ1) is 21.1. The predicted molar refractivity (Wildman–Crippen MR) is 112 cm³/mol. The van der Waals surface area contributed by atoms with Crippen molar-refractivity contribution in [2.45, 2.75) is 58.0 Å². The van der Waals surface area contributed by atoms with Crippen LogP contribution in [0.1, 0.15) is 50.2 Å². The third kappa shape index (κ3) is 4.87. The van der Waals surface area contributed by atoms with E-state index in [-0.39, 0.29) is 0 Å². The van der Waals surface area contributed by atoms with E-state index in [0.29, 0.717) is 36.2 Å². The van der Waals surface area contributed by atoms with E-state index in [9.17, 15) is 4.79 Å². The standard InChI is InChI=1S/C23H36N2O3/c1-16-12-20(8-9-22(16)28-5)21(19-6-7-19)13-23(26)24-14-17(2)25(10-11-27-4)18(3)15-24/h8-9,12,17-19,21H,6-7,10-11,13-15H2,1-5H3. The van der Waals surface area contributed by atoms with E-state index in [2.05, 4.69) is 42.7 Å². The van der Waals surface area contributed by atoms with Crippen LogP contribution in [-0.4, -0.2) is 68.3 Å². The number of amides is 1. The monoisotopic (exact) mass is 388 g/mol. The molecule has 1 saturated carbocycles. The zero-order valence-electron chi connectivity index (χ0n) is 18.1. The Balaban J connectivity index is 1.66. The highest BCUT2D eigenvalue weighted by Gasteiger charge is 2.37. The molecule has 1 aliphatic heterocycles. The van der Waals surface area contributed by atoms with Crippen molar-refractivity contribution in [2.75, 3.05) is 40.5 Å². The molecule has 3 rings (SSSR count). The molecule has 2 aliphatic rings. The molecule has 3 unspecified atom stereocenters. The van der Waals surface area contributed by atoms with Gasteiger partial charge in [-0.3, -0.25) is 9.69 Å². The molecular formula is C23H36N2O3. The Morgan fingerprint density at radius 1 is 1.18 bits per heavy atom. The van der Waals surface area contributed by atoms with Crippen LogP contribution < -0.4 is 4.74 Å². The van der Waals surface area contributed by atoms with E-state index in [1.54, 1.807) is 14.2 Å². The second-order valence-electron chi connectivity index (χ2n) is 8.60. The summed E-state index contributed by atoms with van der Waals surface area (Å²) in [5.41, 5.74) is 2.43. The molecule has 0 bridgehead atoms. The number of methoxy groups -OCH3 is 2. The Kier molecular flexibility index (Phi) is 7.00. The third-order valence-electron chi connectivity index (χ3n) is 6.44. The minimum Gasteiger partial charge on any atom is -0.496 e. The largest absolute Gasteiger partial charge is 0.496 e. The summed E-state index contributed by atoms with van der Waals surface area (Å²) in [6, 6.07) is 7.14. The number of carbonyl (C=O) groups is 1. The SMILES string of the molecule is COCCN1C(C)CN(C(=O)CC(c2ccc(OC)c(C)c2)C2CC2)CC1C. The van der Waals surface area contributed by atoms with Gasteiger partial charge in [0.1, 0.15) is 5.75 Å². The molecule has 5 heteroatoms. The van der Waals surface area contributed by atoms with Crippen molar-refractivity contribution in [3.8, 4) is 5.75 Å². The number of aryl methyl sites for hydroxylation is 1. The highest BCUT2D eigenvalue weighted by Crippen LogP contribution is 2.45. The number of carbonyl (C=O) groups excluding carboxylic acids is 1. The fraction of sp³-hybridized carbons (Fsp3) is 0.696. The molecule has 3 atom stereocenters. The van der Waals surface area contributed by atoms with Gasteiger partial charge in [0, 0.05) is 45.2 Å². The molecule has 0 spiro atoms. The van der Waals surface area contributed by atoms with E-state index in [4.69, 9.17) is 9.47 Å². The molecule has 0 radical (unpaired) electrons. The summed E-state index contributed by atoms with van der Waals surface area (Å²) in [4.78, 5) is 17.7. The van der Waals surface area contributed by atoms with E-state index >= 15 is 0 Å². The van der Waals surface area contributed by atoms with Gasteiger partial charge in [-0.15, -0.1) is 0 Å². The minimum absolute atomic E-state index is 0.301. The second-order valence-corrected chi connectivity index (χ2v) is 8.60. The molecule has 156 valence electrons. The number of hydrogen-bond acceptors (Lipinski definition) is 4. The van der Waals surface area contributed by atoms with E-state index in [1.807, 2.05) is 6.07 Å². The van der Waals surface area contributed by atoms with Gasteiger partial charge in [-0.25, -0.2) is 0 Å². The maximum atomic E-state index is 13.2. The predicted octanol–water partition coefficient (Wildman–Crippen LogP) is 3.45. The molecule has 0 N–H and O–H groups in total. The third-order valence-corrected chi connectivity index (χ3v) is 6.44. The average molecular weight is 389 g/mol. The number of rotatable bonds is 8. The van der Waals surface area contributed by atoms with E-state index in [1.165, 1.54) is 18.4 Å². The Morgan fingerprint density at radius 2 is 1.86 bits per heavy atom. The van der Waals surface area contributed by atoms with E-state index < -0.39 is 0 Å². The van der Waals surface area contributed by atoms with Gasteiger partial charge in [0.2, 0.25) is 5.91 Å². The van der Waals surface area contributed by atoms with Crippen molar-refractivity contribution in [3.05, 3.63) is 29.3 Å². The normalized spacial score (nSPS) is 24.2. The summed E-state index contributed by atoms with van der Waals surface area (Å²) in [7, 11) is 3.45. The van der Waals surface area contributed by atoms with Crippen LogP contribution in [0.15, 0.2) is 18.2 Å². The summed E-state index contributed by atoms with van der Waals surface area (Å²) in [5, 5.41) is 0. The van der Waals surface area contributed by atoms with Crippen LogP contribution in [0.3, 0.4) is 0 Å². The number of benzene rings is 1. The summed E-state index contributed by atoms with van der Waals surface area (Å²) < 4.78 is 10.7. The Morgan fingerprint density at radius 3 is 2.39 bits per heavy atom.